The summed E-state index contributed by atoms with van der Waals surface area (Å²) in [6.07, 6.45) is 0. The number of nitrogens with two attached hydrogens (primary N) is 1. The Morgan fingerprint density at radius 2 is 1.90 bits per heavy atom. The summed E-state index contributed by atoms with van der Waals surface area (Å²) in [5, 5.41) is 14.0. The molecule has 0 spiro atoms. The number of nitrogens with zero attached hydrogens (tertiary/aromatic N) is 1. The highest BCUT2D eigenvalue weighted by molar-refractivity contribution is 6.01. The van der Waals surface area contributed by atoms with Crippen molar-refractivity contribution in [3.05, 3.63) is 57.1 Å². The van der Waals surface area contributed by atoms with Crippen LogP contribution in [0.15, 0.2) is 30.3 Å². The van der Waals surface area contributed by atoms with Crippen LogP contribution in [0.4, 0.5) is 11.4 Å². The molecule has 1 amide bonds. The molecular weight excluding hydrogens is 374 g/mol. The van der Waals surface area contributed by atoms with Gasteiger partial charge in [0.1, 0.15) is 5.69 Å². The van der Waals surface area contributed by atoms with Crippen molar-refractivity contribution >= 4 is 17.3 Å². The molecule has 0 fully saturated rings. The maximum Gasteiger partial charge on any atom is 0.293 e. The lowest BCUT2D eigenvalue weighted by Crippen LogP contribution is -2.27. The largest absolute Gasteiger partial charge is 0.493 e. The topological polar surface area (TPSA) is 117 Å². The second-order valence-electron chi connectivity index (χ2n) is 7.31. The fraction of sp³-hybridized carbons (Fsp3) is 0.381. The van der Waals surface area contributed by atoms with Crippen LogP contribution >= 0.6 is 0 Å². The fourth-order valence-corrected chi connectivity index (χ4v) is 2.80. The Morgan fingerprint density at radius 3 is 2.48 bits per heavy atom. The van der Waals surface area contributed by atoms with Crippen LogP contribution in [-0.4, -0.2) is 24.5 Å². The Morgan fingerprint density at radius 1 is 1.21 bits per heavy atom. The average molecular weight is 401 g/mol. The predicted molar refractivity (Wildman–Crippen MR) is 111 cm³/mol. The molecule has 29 heavy (non-hydrogen) atoms. The molecule has 0 aliphatic rings. The highest BCUT2D eigenvalue weighted by Gasteiger charge is 2.22. The van der Waals surface area contributed by atoms with Crippen molar-refractivity contribution in [2.45, 2.75) is 33.7 Å². The van der Waals surface area contributed by atoms with Crippen molar-refractivity contribution in [2.75, 3.05) is 19.5 Å². The Kier molecular flexibility index (Phi) is 7.03. The van der Waals surface area contributed by atoms with Crippen LogP contribution in [0.3, 0.4) is 0 Å². The van der Waals surface area contributed by atoms with Gasteiger partial charge in [0, 0.05) is 6.07 Å². The summed E-state index contributed by atoms with van der Waals surface area (Å²) in [6.45, 7) is 8.15. The summed E-state index contributed by atoms with van der Waals surface area (Å²) < 4.78 is 11.1. The van der Waals surface area contributed by atoms with Gasteiger partial charge in [-0.1, -0.05) is 19.9 Å². The summed E-state index contributed by atoms with van der Waals surface area (Å²) in [4.78, 5) is 23.3. The lowest BCUT2D eigenvalue weighted by molar-refractivity contribution is -0.384. The molecule has 2 aromatic rings. The Balaban J connectivity index is 2.23. The van der Waals surface area contributed by atoms with E-state index in [4.69, 9.17) is 15.2 Å². The van der Waals surface area contributed by atoms with E-state index in [9.17, 15) is 14.9 Å². The minimum atomic E-state index is -0.594. The summed E-state index contributed by atoms with van der Waals surface area (Å²) in [5.41, 5.74) is 6.87. The molecule has 0 aromatic heterocycles. The number of anilines is 1. The highest BCUT2D eigenvalue weighted by Crippen LogP contribution is 2.31. The Hall–Kier alpha value is -3.29. The summed E-state index contributed by atoms with van der Waals surface area (Å²) in [7, 11) is 1.55. The van der Waals surface area contributed by atoms with Gasteiger partial charge >= 0.3 is 0 Å². The zero-order valence-electron chi connectivity index (χ0n) is 17.3. The Bertz CT molecular complexity index is 911. The first-order chi connectivity index (χ1) is 13.6. The van der Waals surface area contributed by atoms with E-state index in [1.54, 1.807) is 26.2 Å². The van der Waals surface area contributed by atoms with Crippen LogP contribution in [0.25, 0.3) is 0 Å². The number of methoxy groups -OCH3 is 1. The first-order valence-electron chi connectivity index (χ1n) is 9.30. The summed E-state index contributed by atoms with van der Waals surface area (Å²) in [6, 6.07) is 7.93. The molecule has 2 rings (SSSR count). The molecule has 0 bridgehead atoms. The number of benzene rings is 2. The number of ether oxygens (including phenoxy) is 2. The number of hydrogen-bond donors (Lipinski definition) is 2. The Labute approximate surface area is 170 Å². The van der Waals surface area contributed by atoms with Gasteiger partial charge in [-0.25, -0.2) is 0 Å². The molecule has 0 saturated heterocycles. The van der Waals surface area contributed by atoms with Gasteiger partial charge in [0.15, 0.2) is 11.5 Å². The minimum Gasteiger partial charge on any atom is -0.493 e. The van der Waals surface area contributed by atoms with Crippen molar-refractivity contribution < 1.29 is 19.2 Å². The van der Waals surface area contributed by atoms with Gasteiger partial charge in [0.2, 0.25) is 0 Å². The molecule has 1 unspecified atom stereocenters. The van der Waals surface area contributed by atoms with Gasteiger partial charge in [0.05, 0.1) is 30.2 Å². The van der Waals surface area contributed by atoms with Gasteiger partial charge in [-0.2, -0.15) is 0 Å². The van der Waals surface area contributed by atoms with Crippen LogP contribution in [0.1, 0.15) is 48.3 Å². The molecule has 3 N–H and O–H groups in total. The number of nitrogen functional groups attached to an aromatic ring is 1. The van der Waals surface area contributed by atoms with Crippen molar-refractivity contribution in [1.82, 2.24) is 5.32 Å². The molecule has 0 aliphatic heterocycles. The predicted octanol–water partition coefficient (Wildman–Crippen LogP) is 4.02. The zero-order chi connectivity index (χ0) is 21.7. The van der Waals surface area contributed by atoms with Crippen LogP contribution in [0, 0.1) is 23.0 Å². The standard InChI is InChI=1S/C21H27N3O5/c1-12(2)11-29-18-7-6-15(10-19(18)28-5)14(4)23-21(25)16-8-13(3)9-17(20(16)22)24(26)27/h6-10,12,14H,11,22H2,1-5H3,(H,23,25). The van der Waals surface area contributed by atoms with Crippen molar-refractivity contribution in [1.29, 1.82) is 0 Å². The lowest BCUT2D eigenvalue weighted by atomic mass is 10.0. The van der Waals surface area contributed by atoms with Crippen molar-refractivity contribution in [3.8, 4) is 11.5 Å². The maximum absolute atomic E-state index is 12.7. The minimum absolute atomic E-state index is 0.0763. The van der Waals surface area contributed by atoms with Gasteiger partial charge in [-0.15, -0.1) is 0 Å². The van der Waals surface area contributed by atoms with Crippen LogP contribution < -0.4 is 20.5 Å². The number of nitro groups is 1. The van der Waals surface area contributed by atoms with Gasteiger partial charge < -0.3 is 20.5 Å². The molecule has 0 saturated carbocycles. The van der Waals surface area contributed by atoms with Crippen LogP contribution in [0.5, 0.6) is 11.5 Å². The van der Waals surface area contributed by atoms with E-state index in [2.05, 4.69) is 19.2 Å². The molecule has 2 aromatic carbocycles. The van der Waals surface area contributed by atoms with Gasteiger partial charge in [0.25, 0.3) is 11.6 Å². The number of nitro benzene ring substituents is 1. The van der Waals surface area contributed by atoms with E-state index in [1.807, 2.05) is 13.0 Å². The number of carbonyl (C=O) groups is 1. The van der Waals surface area contributed by atoms with E-state index in [0.29, 0.717) is 29.6 Å². The number of hydrogen-bond acceptors (Lipinski definition) is 6. The van der Waals surface area contributed by atoms with Crippen molar-refractivity contribution in [2.24, 2.45) is 5.92 Å². The molecule has 1 atom stereocenters. The normalized spacial score (nSPS) is 11.8. The lowest BCUT2D eigenvalue weighted by Gasteiger charge is -2.18. The van der Waals surface area contributed by atoms with Crippen molar-refractivity contribution in [3.63, 3.8) is 0 Å². The van der Waals surface area contributed by atoms with E-state index in [0.717, 1.165) is 5.56 Å². The first-order valence-corrected chi connectivity index (χ1v) is 9.30. The van der Waals surface area contributed by atoms with Crippen LogP contribution in [-0.2, 0) is 0 Å². The van der Waals surface area contributed by atoms with E-state index < -0.39 is 10.8 Å². The number of carbonyl (C=O) groups excluding carboxylic acids is 1. The number of aryl methyl sites for hydroxylation is 1. The average Bonchev–Trinajstić information content (AvgIpc) is 2.67. The van der Waals surface area contributed by atoms with Crippen LogP contribution in [0.2, 0.25) is 0 Å². The molecule has 8 nitrogen and oxygen atoms in total. The third-order valence-corrected chi connectivity index (χ3v) is 4.35. The van der Waals surface area contributed by atoms with Gasteiger partial charge in [-0.05, 0) is 49.1 Å². The van der Waals surface area contributed by atoms with E-state index >= 15 is 0 Å². The second-order valence-corrected chi connectivity index (χ2v) is 7.31. The fourth-order valence-electron chi connectivity index (χ4n) is 2.80. The van der Waals surface area contributed by atoms with E-state index in [-0.39, 0.29) is 23.0 Å². The molecule has 0 heterocycles. The highest BCUT2D eigenvalue weighted by atomic mass is 16.6. The molecule has 156 valence electrons. The first kappa shape index (κ1) is 22.0. The molecule has 0 aliphatic carbocycles. The number of rotatable bonds is 8. The smallest absolute Gasteiger partial charge is 0.293 e. The van der Waals surface area contributed by atoms with E-state index in [1.165, 1.54) is 12.1 Å². The molecular formula is C21H27N3O5. The third kappa shape index (κ3) is 5.37. The monoisotopic (exact) mass is 401 g/mol. The number of amides is 1. The zero-order valence-corrected chi connectivity index (χ0v) is 17.3. The third-order valence-electron chi connectivity index (χ3n) is 4.35. The quantitative estimate of drug-likeness (QED) is 0.392. The molecule has 8 heteroatoms. The maximum atomic E-state index is 12.7. The summed E-state index contributed by atoms with van der Waals surface area (Å²) in [5.74, 6) is 1.08. The SMILES string of the molecule is COc1cc(C(C)NC(=O)c2cc(C)cc([N+](=O)[O-])c2N)ccc1OCC(C)C. The molecule has 0 radical (unpaired) electrons. The number of nitrogens with one attached hydrogen (secondary N) is 1. The second kappa shape index (κ2) is 9.27. The summed E-state index contributed by atoms with van der Waals surface area (Å²) >= 11 is 0. The van der Waals surface area contributed by atoms with Gasteiger partial charge in [-0.3, -0.25) is 14.9 Å².